The maximum atomic E-state index is 5.86. The molecule has 0 saturated heterocycles. The quantitative estimate of drug-likeness (QED) is 0.388. The van der Waals surface area contributed by atoms with Crippen LogP contribution in [0, 0.1) is 0 Å². The number of nitrogens with two attached hydrogens (primary N) is 2. The van der Waals surface area contributed by atoms with Crippen molar-refractivity contribution in [1.82, 2.24) is 0 Å². The monoisotopic (exact) mass is 299 g/mol. The minimum atomic E-state index is 0. The molecule has 0 amide bonds. The van der Waals surface area contributed by atoms with Gasteiger partial charge in [-0.15, -0.1) is 17.5 Å². The first-order valence-electron chi connectivity index (χ1n) is 5.57. The summed E-state index contributed by atoms with van der Waals surface area (Å²) in [5.74, 6) is 0.154. The number of benzene rings is 1. The van der Waals surface area contributed by atoms with E-state index in [4.69, 9.17) is 23.7 Å². The number of halogens is 1. The predicted octanol–water partition coefficient (Wildman–Crippen LogP) is 2.26. The highest BCUT2D eigenvalue weighted by molar-refractivity contribution is 7.80. The third kappa shape index (κ3) is 5.23. The first kappa shape index (κ1) is 17.3. The zero-order valence-corrected chi connectivity index (χ0v) is 12.5. The molecule has 7 heteroatoms. The molecule has 0 aliphatic heterocycles. The van der Waals surface area contributed by atoms with Crippen LogP contribution >= 0.6 is 24.6 Å². The Labute approximate surface area is 124 Å². The molecule has 104 valence electrons. The van der Waals surface area contributed by atoms with Gasteiger partial charge in [-0.25, -0.2) is 0 Å². The van der Waals surface area contributed by atoms with Gasteiger partial charge in [0.1, 0.15) is 0 Å². The molecule has 0 unspecified atom stereocenters. The smallest absolute Gasteiger partial charge is 0.227 e. The summed E-state index contributed by atoms with van der Waals surface area (Å²) in [7, 11) is 0. The summed E-state index contributed by atoms with van der Waals surface area (Å²) in [5, 5.41) is 8.06. The van der Waals surface area contributed by atoms with Gasteiger partial charge in [-0.1, -0.05) is 25.1 Å². The number of hydrogen-bond donors (Lipinski definition) is 2. The zero-order valence-electron chi connectivity index (χ0n) is 10.9. The molecule has 1 rings (SSSR count). The van der Waals surface area contributed by atoms with Crippen LogP contribution in [0.3, 0.4) is 0 Å². The number of anilines is 1. The fraction of sp³-hybridized carbons (Fsp3) is 0.250. The van der Waals surface area contributed by atoms with Gasteiger partial charge in [0.25, 0.3) is 0 Å². The zero-order chi connectivity index (χ0) is 13.5. The van der Waals surface area contributed by atoms with Crippen LogP contribution in [0.1, 0.15) is 20.3 Å². The Hall–Kier alpha value is -1.66. The second-order valence-electron chi connectivity index (χ2n) is 3.66. The third-order valence-electron chi connectivity index (χ3n) is 2.30. The largest absolute Gasteiger partial charge is 0.376 e. The van der Waals surface area contributed by atoms with Crippen LogP contribution in [0.2, 0.25) is 0 Å². The van der Waals surface area contributed by atoms with Crippen molar-refractivity contribution >= 4 is 47.1 Å². The number of thiocarbonyl (C=S) groups is 1. The number of rotatable bonds is 3. The molecule has 1 aromatic carbocycles. The highest BCUT2D eigenvalue weighted by atomic mass is 35.5. The van der Waals surface area contributed by atoms with Crippen molar-refractivity contribution in [3.63, 3.8) is 0 Å². The van der Waals surface area contributed by atoms with E-state index in [1.54, 1.807) is 0 Å². The van der Waals surface area contributed by atoms with E-state index in [9.17, 15) is 0 Å². The van der Waals surface area contributed by atoms with Gasteiger partial charge >= 0.3 is 0 Å². The minimum absolute atomic E-state index is 0. The number of hydrogen-bond acceptors (Lipinski definition) is 3. The fourth-order valence-electron chi connectivity index (χ4n) is 1.20. The van der Waals surface area contributed by atoms with Crippen LogP contribution in [0.25, 0.3) is 0 Å². The normalized spacial score (nSPS) is 11.7. The standard InChI is InChI=1S/C12H17N5S.ClH/c1-3-9(2)15-16-11(13)17(12(14)18)10-7-5-4-6-8-10;/h4-8H,3H2,1-2H3,(H2,13,16)(H2,14,18);1H/b15-9+;. The topological polar surface area (TPSA) is 80.0 Å². The number of para-hydroxylation sites is 1. The van der Waals surface area contributed by atoms with Crippen molar-refractivity contribution in [2.45, 2.75) is 20.3 Å². The Bertz CT molecular complexity index is 472. The van der Waals surface area contributed by atoms with Gasteiger partial charge in [-0.05, 0) is 37.7 Å². The predicted molar refractivity (Wildman–Crippen MR) is 88.0 cm³/mol. The minimum Gasteiger partial charge on any atom is -0.376 e. The fourth-order valence-corrected chi connectivity index (χ4v) is 1.40. The Kier molecular flexibility index (Phi) is 7.71. The van der Waals surface area contributed by atoms with E-state index in [1.807, 2.05) is 44.2 Å². The first-order valence-corrected chi connectivity index (χ1v) is 5.98. The molecule has 0 saturated carbocycles. The average Bonchev–Trinajstić information content (AvgIpc) is 2.37. The molecule has 19 heavy (non-hydrogen) atoms. The number of guanidine groups is 1. The molecule has 0 atom stereocenters. The lowest BCUT2D eigenvalue weighted by Gasteiger charge is -2.20. The van der Waals surface area contributed by atoms with Crippen LogP contribution in [-0.2, 0) is 0 Å². The van der Waals surface area contributed by atoms with E-state index >= 15 is 0 Å². The van der Waals surface area contributed by atoms with Gasteiger partial charge in [-0.2, -0.15) is 5.10 Å². The van der Waals surface area contributed by atoms with Gasteiger partial charge in [0.05, 0.1) is 5.69 Å². The van der Waals surface area contributed by atoms with Gasteiger partial charge in [-0.3, -0.25) is 4.90 Å². The van der Waals surface area contributed by atoms with E-state index in [0.29, 0.717) is 0 Å². The van der Waals surface area contributed by atoms with Gasteiger partial charge < -0.3 is 11.5 Å². The van der Waals surface area contributed by atoms with Gasteiger partial charge in [0.2, 0.25) is 5.96 Å². The van der Waals surface area contributed by atoms with Crippen LogP contribution in [0.15, 0.2) is 40.5 Å². The van der Waals surface area contributed by atoms with Crippen LogP contribution in [-0.4, -0.2) is 16.8 Å². The summed E-state index contributed by atoms with van der Waals surface area (Å²) >= 11 is 4.98. The van der Waals surface area contributed by atoms with Crippen LogP contribution in [0.5, 0.6) is 0 Å². The van der Waals surface area contributed by atoms with E-state index in [1.165, 1.54) is 4.90 Å². The van der Waals surface area contributed by atoms with Crippen molar-refractivity contribution in [2.75, 3.05) is 4.90 Å². The van der Waals surface area contributed by atoms with Crippen molar-refractivity contribution in [3.05, 3.63) is 30.3 Å². The summed E-state index contributed by atoms with van der Waals surface area (Å²) in [6, 6.07) is 9.33. The Balaban J connectivity index is 0.00000324. The Morgan fingerprint density at radius 1 is 1.21 bits per heavy atom. The molecule has 0 bridgehead atoms. The Morgan fingerprint density at radius 3 is 2.26 bits per heavy atom. The van der Waals surface area contributed by atoms with Gasteiger partial charge in [0, 0.05) is 5.71 Å². The lowest BCUT2D eigenvalue weighted by atomic mass is 10.3. The summed E-state index contributed by atoms with van der Waals surface area (Å²) in [6.45, 7) is 3.87. The molecule has 0 fully saturated rings. The maximum absolute atomic E-state index is 5.86. The highest BCUT2D eigenvalue weighted by Crippen LogP contribution is 2.12. The second-order valence-corrected chi connectivity index (χ2v) is 4.07. The average molecular weight is 300 g/mol. The molecule has 0 heterocycles. The van der Waals surface area contributed by atoms with E-state index < -0.39 is 0 Å². The third-order valence-corrected chi connectivity index (χ3v) is 2.48. The number of nitrogens with zero attached hydrogens (tertiary/aromatic N) is 3. The molecule has 0 aliphatic carbocycles. The molecule has 5 nitrogen and oxygen atoms in total. The summed E-state index contributed by atoms with van der Waals surface area (Å²) in [4.78, 5) is 1.47. The molecule has 0 radical (unpaired) electrons. The van der Waals surface area contributed by atoms with Crippen molar-refractivity contribution in [1.29, 1.82) is 0 Å². The van der Waals surface area contributed by atoms with E-state index in [2.05, 4.69) is 10.2 Å². The molecule has 1 aromatic rings. The van der Waals surface area contributed by atoms with E-state index in [0.717, 1.165) is 17.8 Å². The van der Waals surface area contributed by atoms with Crippen LogP contribution < -0.4 is 16.4 Å². The second kappa shape index (κ2) is 8.44. The van der Waals surface area contributed by atoms with Crippen LogP contribution in [0.4, 0.5) is 5.69 Å². The molecule has 0 aliphatic rings. The maximum Gasteiger partial charge on any atom is 0.227 e. The summed E-state index contributed by atoms with van der Waals surface area (Å²) in [6.07, 6.45) is 0.815. The van der Waals surface area contributed by atoms with Crippen molar-refractivity contribution in [2.24, 2.45) is 21.7 Å². The van der Waals surface area contributed by atoms with Crippen molar-refractivity contribution in [3.8, 4) is 0 Å². The molecular formula is C12H18ClN5S. The van der Waals surface area contributed by atoms with Gasteiger partial charge in [0.15, 0.2) is 5.11 Å². The molecule has 0 aromatic heterocycles. The summed E-state index contributed by atoms with van der Waals surface area (Å²) < 4.78 is 0. The molecule has 4 N–H and O–H groups in total. The SMILES string of the molecule is CC/C(C)=N/N=C(\N)N(C(N)=S)c1ccccc1.Cl. The Morgan fingerprint density at radius 2 is 1.79 bits per heavy atom. The molecule has 0 spiro atoms. The van der Waals surface area contributed by atoms with E-state index in [-0.39, 0.29) is 23.5 Å². The lowest BCUT2D eigenvalue weighted by Crippen LogP contribution is -2.45. The first-order chi connectivity index (χ1) is 8.56. The highest BCUT2D eigenvalue weighted by Gasteiger charge is 2.13. The molecular weight excluding hydrogens is 282 g/mol. The van der Waals surface area contributed by atoms with Crippen molar-refractivity contribution < 1.29 is 0 Å². The summed E-state index contributed by atoms with van der Waals surface area (Å²) in [5.41, 5.74) is 13.2. The lowest BCUT2D eigenvalue weighted by molar-refractivity contribution is 1.14.